The Kier molecular flexibility index (Phi) is 6.89. The Hall–Kier alpha value is -1.62. The van der Waals surface area contributed by atoms with E-state index in [1.54, 1.807) is 12.1 Å². The van der Waals surface area contributed by atoms with Gasteiger partial charge in [-0.25, -0.2) is 4.39 Å². The second-order valence-electron chi connectivity index (χ2n) is 4.39. The fourth-order valence-corrected chi connectivity index (χ4v) is 1.75. The molecule has 0 bridgehead atoms. The fourth-order valence-electron chi connectivity index (χ4n) is 1.75. The van der Waals surface area contributed by atoms with E-state index in [1.807, 2.05) is 11.8 Å². The van der Waals surface area contributed by atoms with Crippen LogP contribution in [0, 0.1) is 5.82 Å². The zero-order valence-electron chi connectivity index (χ0n) is 11.4. The monoisotopic (exact) mass is 267 g/mol. The summed E-state index contributed by atoms with van der Waals surface area (Å²) in [6, 6.07) is 6.27. The normalized spacial score (nSPS) is 10.3. The smallest absolute Gasteiger partial charge is 0.239 e. The minimum absolute atomic E-state index is 0.0527. The van der Waals surface area contributed by atoms with Crippen molar-refractivity contribution in [2.75, 3.05) is 31.1 Å². The molecule has 0 spiro atoms. The van der Waals surface area contributed by atoms with Crippen molar-refractivity contribution in [1.82, 2.24) is 5.32 Å². The molecule has 0 atom stereocenters. The predicted octanol–water partition coefficient (Wildman–Crippen LogP) is 1.51. The second kappa shape index (κ2) is 8.48. The van der Waals surface area contributed by atoms with Gasteiger partial charge in [0.15, 0.2) is 0 Å². The molecule has 5 heteroatoms. The van der Waals surface area contributed by atoms with E-state index < -0.39 is 0 Å². The third-order valence-corrected chi connectivity index (χ3v) is 2.71. The molecule has 19 heavy (non-hydrogen) atoms. The maximum absolute atomic E-state index is 13.2. The summed E-state index contributed by atoms with van der Waals surface area (Å²) in [5, 5.41) is 2.82. The van der Waals surface area contributed by atoms with Crippen LogP contribution in [0.5, 0.6) is 0 Å². The van der Waals surface area contributed by atoms with Crippen LogP contribution in [0.4, 0.5) is 10.1 Å². The van der Waals surface area contributed by atoms with Crippen LogP contribution in [-0.2, 0) is 4.79 Å². The summed E-state index contributed by atoms with van der Waals surface area (Å²) in [6.07, 6.45) is 1.66. The number of nitrogens with two attached hydrogens (primary N) is 1. The molecule has 1 amide bonds. The van der Waals surface area contributed by atoms with Gasteiger partial charge in [-0.1, -0.05) is 13.0 Å². The molecule has 0 fully saturated rings. The van der Waals surface area contributed by atoms with Crippen LogP contribution < -0.4 is 16.0 Å². The van der Waals surface area contributed by atoms with Crippen molar-refractivity contribution >= 4 is 11.6 Å². The number of nitrogens with one attached hydrogen (secondary N) is 1. The first-order chi connectivity index (χ1) is 9.17. The van der Waals surface area contributed by atoms with Crippen molar-refractivity contribution in [2.45, 2.75) is 19.8 Å². The Labute approximate surface area is 113 Å². The summed E-state index contributed by atoms with van der Waals surface area (Å²) in [6.45, 7) is 4.07. The number of anilines is 1. The molecule has 1 aromatic rings. The van der Waals surface area contributed by atoms with Gasteiger partial charge in [-0.05, 0) is 37.6 Å². The highest BCUT2D eigenvalue weighted by molar-refractivity contribution is 5.81. The van der Waals surface area contributed by atoms with Crippen LogP contribution in [0.25, 0.3) is 0 Å². The summed E-state index contributed by atoms with van der Waals surface area (Å²) in [7, 11) is 0. The van der Waals surface area contributed by atoms with Gasteiger partial charge in [-0.3, -0.25) is 4.79 Å². The van der Waals surface area contributed by atoms with E-state index in [0.29, 0.717) is 25.3 Å². The predicted molar refractivity (Wildman–Crippen MR) is 75.6 cm³/mol. The van der Waals surface area contributed by atoms with Gasteiger partial charge in [-0.15, -0.1) is 0 Å². The van der Waals surface area contributed by atoms with Crippen LogP contribution in [0.1, 0.15) is 19.8 Å². The lowest BCUT2D eigenvalue weighted by Crippen LogP contribution is -2.38. The highest BCUT2D eigenvalue weighted by Gasteiger charge is 2.11. The van der Waals surface area contributed by atoms with Gasteiger partial charge in [0.1, 0.15) is 5.82 Å². The van der Waals surface area contributed by atoms with E-state index in [2.05, 4.69) is 5.32 Å². The lowest BCUT2D eigenvalue weighted by Gasteiger charge is -2.24. The van der Waals surface area contributed by atoms with E-state index in [9.17, 15) is 9.18 Å². The molecule has 3 N–H and O–H groups in total. The number of carbonyl (C=O) groups excluding carboxylic acids is 1. The maximum atomic E-state index is 13.2. The van der Waals surface area contributed by atoms with E-state index in [0.717, 1.165) is 12.8 Å². The first-order valence-corrected chi connectivity index (χ1v) is 6.64. The van der Waals surface area contributed by atoms with Crippen molar-refractivity contribution in [1.29, 1.82) is 0 Å². The molecule has 0 aliphatic rings. The largest absolute Gasteiger partial charge is 0.362 e. The molecule has 0 aromatic heterocycles. The van der Waals surface area contributed by atoms with Gasteiger partial charge >= 0.3 is 0 Å². The summed E-state index contributed by atoms with van der Waals surface area (Å²) >= 11 is 0. The number of hydrogen-bond donors (Lipinski definition) is 2. The highest BCUT2D eigenvalue weighted by atomic mass is 19.1. The van der Waals surface area contributed by atoms with Gasteiger partial charge in [0, 0.05) is 18.8 Å². The molecule has 1 rings (SSSR count). The second-order valence-corrected chi connectivity index (χ2v) is 4.39. The number of nitrogens with zero attached hydrogens (tertiary/aromatic N) is 1. The molecule has 0 heterocycles. The summed E-state index contributed by atoms with van der Waals surface area (Å²) in [4.78, 5) is 13.6. The van der Waals surface area contributed by atoms with E-state index in [-0.39, 0.29) is 18.3 Å². The van der Waals surface area contributed by atoms with Crippen LogP contribution in [0.3, 0.4) is 0 Å². The van der Waals surface area contributed by atoms with Crippen molar-refractivity contribution in [3.05, 3.63) is 30.1 Å². The average molecular weight is 267 g/mol. The minimum Gasteiger partial charge on any atom is -0.362 e. The first-order valence-electron chi connectivity index (χ1n) is 6.64. The molecule has 0 saturated heterocycles. The number of benzene rings is 1. The van der Waals surface area contributed by atoms with Gasteiger partial charge < -0.3 is 16.0 Å². The molecule has 0 aliphatic carbocycles. The summed E-state index contributed by atoms with van der Waals surface area (Å²) in [5.74, 6) is -0.354. The third-order valence-electron chi connectivity index (χ3n) is 2.71. The summed E-state index contributed by atoms with van der Waals surface area (Å²) in [5.41, 5.74) is 6.20. The molecule has 106 valence electrons. The van der Waals surface area contributed by atoms with Gasteiger partial charge in [0.2, 0.25) is 5.91 Å². The van der Waals surface area contributed by atoms with Crippen molar-refractivity contribution in [2.24, 2.45) is 5.73 Å². The van der Waals surface area contributed by atoms with Gasteiger partial charge in [0.05, 0.1) is 6.54 Å². The van der Waals surface area contributed by atoms with E-state index in [1.165, 1.54) is 12.1 Å². The molecule has 0 unspecified atom stereocenters. The standard InChI is InChI=1S/C14H22FN3O/c1-2-8-17-14(19)11-18(9-4-7-16)13-6-3-5-12(15)10-13/h3,5-6,10H,2,4,7-9,11,16H2,1H3,(H,17,19). The lowest BCUT2D eigenvalue weighted by molar-refractivity contribution is -0.119. The quantitative estimate of drug-likeness (QED) is 0.750. The van der Waals surface area contributed by atoms with Gasteiger partial charge in [-0.2, -0.15) is 0 Å². The molecule has 0 radical (unpaired) electrons. The fraction of sp³-hybridized carbons (Fsp3) is 0.500. The number of amides is 1. The SMILES string of the molecule is CCCNC(=O)CN(CCCN)c1cccc(F)c1. The number of rotatable bonds is 8. The summed E-state index contributed by atoms with van der Waals surface area (Å²) < 4.78 is 13.2. The highest BCUT2D eigenvalue weighted by Crippen LogP contribution is 2.15. The van der Waals surface area contributed by atoms with Crippen molar-refractivity contribution in [3.63, 3.8) is 0 Å². The van der Waals surface area contributed by atoms with Gasteiger partial charge in [0.25, 0.3) is 0 Å². The Morgan fingerprint density at radius 3 is 2.89 bits per heavy atom. The molecular weight excluding hydrogens is 245 g/mol. The molecule has 4 nitrogen and oxygen atoms in total. The van der Waals surface area contributed by atoms with E-state index in [4.69, 9.17) is 5.73 Å². The lowest BCUT2D eigenvalue weighted by atomic mass is 10.2. The van der Waals surface area contributed by atoms with Crippen LogP contribution >= 0.6 is 0 Å². The van der Waals surface area contributed by atoms with Crippen LogP contribution in [-0.4, -0.2) is 32.1 Å². The van der Waals surface area contributed by atoms with E-state index >= 15 is 0 Å². The number of hydrogen-bond acceptors (Lipinski definition) is 3. The van der Waals surface area contributed by atoms with Crippen LogP contribution in [0.15, 0.2) is 24.3 Å². The van der Waals surface area contributed by atoms with Crippen molar-refractivity contribution in [3.8, 4) is 0 Å². The molecule has 1 aromatic carbocycles. The maximum Gasteiger partial charge on any atom is 0.239 e. The molecular formula is C14H22FN3O. The molecule has 0 saturated carbocycles. The Morgan fingerprint density at radius 2 is 2.26 bits per heavy atom. The zero-order chi connectivity index (χ0) is 14.1. The average Bonchev–Trinajstić information content (AvgIpc) is 2.41. The van der Waals surface area contributed by atoms with Crippen molar-refractivity contribution < 1.29 is 9.18 Å². The topological polar surface area (TPSA) is 58.4 Å². The number of carbonyl (C=O) groups is 1. The number of halogens is 1. The minimum atomic E-state index is -0.302. The Balaban J connectivity index is 2.68. The zero-order valence-corrected chi connectivity index (χ0v) is 11.4. The Morgan fingerprint density at radius 1 is 1.47 bits per heavy atom. The first kappa shape index (κ1) is 15.4. The Bertz CT molecular complexity index is 398. The van der Waals surface area contributed by atoms with Crippen LogP contribution in [0.2, 0.25) is 0 Å². The molecule has 0 aliphatic heterocycles. The third kappa shape index (κ3) is 5.70.